The summed E-state index contributed by atoms with van der Waals surface area (Å²) in [4.78, 5) is 38.8. The van der Waals surface area contributed by atoms with E-state index in [1.165, 1.54) is 4.90 Å². The summed E-state index contributed by atoms with van der Waals surface area (Å²) in [6, 6.07) is 6.82. The van der Waals surface area contributed by atoms with Crippen LogP contribution in [0.1, 0.15) is 33.6 Å². The van der Waals surface area contributed by atoms with Crippen molar-refractivity contribution in [2.45, 2.75) is 12.8 Å². The standard InChI is InChI=1S/C16H18N2O4.ClH/c19-14-12-5-1-2-6-13(12)15(20)18(14)9-8-17-7-3-4-11(10-17)16(21)22;/h1-2,5-6,11H,3-4,7-10H2,(H,21,22);1H. The molecule has 2 aliphatic rings. The Bertz CT molecular complexity index is 599. The number of piperidine rings is 1. The Hall–Kier alpha value is -1.92. The van der Waals surface area contributed by atoms with Gasteiger partial charge in [-0.1, -0.05) is 12.1 Å². The largest absolute Gasteiger partial charge is 0.481 e. The van der Waals surface area contributed by atoms with Gasteiger partial charge < -0.3 is 10.0 Å². The number of amides is 2. The van der Waals surface area contributed by atoms with Crippen molar-refractivity contribution in [1.29, 1.82) is 0 Å². The molecule has 0 aliphatic carbocycles. The fourth-order valence-electron chi connectivity index (χ4n) is 3.14. The van der Waals surface area contributed by atoms with E-state index in [-0.39, 0.29) is 30.1 Å². The first kappa shape index (κ1) is 17.4. The number of imide groups is 1. The van der Waals surface area contributed by atoms with E-state index in [2.05, 4.69) is 0 Å². The van der Waals surface area contributed by atoms with Gasteiger partial charge in [-0.25, -0.2) is 0 Å². The van der Waals surface area contributed by atoms with Crippen molar-refractivity contribution in [1.82, 2.24) is 9.80 Å². The van der Waals surface area contributed by atoms with E-state index < -0.39 is 5.97 Å². The average Bonchev–Trinajstić information content (AvgIpc) is 2.78. The number of carboxylic acids is 1. The van der Waals surface area contributed by atoms with Gasteiger partial charge in [0.2, 0.25) is 0 Å². The van der Waals surface area contributed by atoms with Crippen LogP contribution in [0.5, 0.6) is 0 Å². The monoisotopic (exact) mass is 338 g/mol. The van der Waals surface area contributed by atoms with E-state index in [0.29, 0.717) is 37.2 Å². The molecular formula is C16H19ClN2O4. The molecule has 7 heteroatoms. The van der Waals surface area contributed by atoms with Crippen LogP contribution in [0.2, 0.25) is 0 Å². The van der Waals surface area contributed by atoms with Gasteiger partial charge in [0.1, 0.15) is 0 Å². The summed E-state index contributed by atoms with van der Waals surface area (Å²) >= 11 is 0. The number of carbonyl (C=O) groups excluding carboxylic acids is 2. The first-order chi connectivity index (χ1) is 10.6. The predicted octanol–water partition coefficient (Wildman–Crippen LogP) is 1.50. The maximum Gasteiger partial charge on any atom is 0.307 e. The van der Waals surface area contributed by atoms with Gasteiger partial charge in [-0.15, -0.1) is 12.4 Å². The Morgan fingerprint density at radius 1 is 1.13 bits per heavy atom. The highest BCUT2D eigenvalue weighted by molar-refractivity contribution is 6.21. The van der Waals surface area contributed by atoms with E-state index in [4.69, 9.17) is 5.11 Å². The van der Waals surface area contributed by atoms with Crippen molar-refractivity contribution in [3.05, 3.63) is 35.4 Å². The third-order valence-electron chi connectivity index (χ3n) is 4.37. The molecule has 2 heterocycles. The Morgan fingerprint density at radius 2 is 1.74 bits per heavy atom. The lowest BCUT2D eigenvalue weighted by atomic mass is 9.98. The third-order valence-corrected chi connectivity index (χ3v) is 4.37. The van der Waals surface area contributed by atoms with Crippen molar-refractivity contribution in [3.8, 4) is 0 Å². The lowest BCUT2D eigenvalue weighted by Gasteiger charge is -2.31. The molecule has 0 radical (unpaired) electrons. The van der Waals surface area contributed by atoms with Crippen LogP contribution in [0.15, 0.2) is 24.3 Å². The predicted molar refractivity (Wildman–Crippen MR) is 85.9 cm³/mol. The Balaban J connectivity index is 0.00000192. The zero-order valence-electron chi connectivity index (χ0n) is 12.6. The van der Waals surface area contributed by atoms with E-state index in [0.717, 1.165) is 13.0 Å². The van der Waals surface area contributed by atoms with Crippen LogP contribution >= 0.6 is 12.4 Å². The lowest BCUT2D eigenvalue weighted by molar-refractivity contribution is -0.143. The number of rotatable bonds is 4. The van der Waals surface area contributed by atoms with Crippen LogP contribution in [-0.4, -0.2) is 58.9 Å². The van der Waals surface area contributed by atoms with E-state index >= 15 is 0 Å². The van der Waals surface area contributed by atoms with Gasteiger partial charge in [0.15, 0.2) is 0 Å². The molecule has 3 rings (SSSR count). The highest BCUT2D eigenvalue weighted by Gasteiger charge is 2.35. The van der Waals surface area contributed by atoms with Gasteiger partial charge in [-0.3, -0.25) is 19.3 Å². The molecule has 1 atom stereocenters. The normalized spacial score (nSPS) is 21.0. The minimum atomic E-state index is -0.773. The maximum atomic E-state index is 12.2. The molecule has 1 fully saturated rings. The smallest absolute Gasteiger partial charge is 0.307 e. The summed E-state index contributed by atoms with van der Waals surface area (Å²) < 4.78 is 0. The van der Waals surface area contributed by atoms with Crippen LogP contribution in [0.25, 0.3) is 0 Å². The molecule has 1 aromatic rings. The number of aliphatic carboxylic acids is 1. The molecule has 1 unspecified atom stereocenters. The second kappa shape index (κ2) is 7.10. The number of likely N-dealkylation sites (tertiary alicyclic amines) is 1. The number of hydrogen-bond acceptors (Lipinski definition) is 4. The molecule has 0 saturated carbocycles. The minimum absolute atomic E-state index is 0. The van der Waals surface area contributed by atoms with Crippen LogP contribution in [0.3, 0.4) is 0 Å². The molecule has 1 N–H and O–H groups in total. The summed E-state index contributed by atoms with van der Waals surface area (Å²) in [5.74, 6) is -1.64. The summed E-state index contributed by atoms with van der Waals surface area (Å²) in [6.45, 7) is 2.12. The zero-order chi connectivity index (χ0) is 15.7. The second-order valence-corrected chi connectivity index (χ2v) is 5.79. The molecule has 0 bridgehead atoms. The molecule has 6 nitrogen and oxygen atoms in total. The number of carboxylic acid groups (broad SMARTS) is 1. The van der Waals surface area contributed by atoms with E-state index in [9.17, 15) is 14.4 Å². The van der Waals surface area contributed by atoms with Gasteiger partial charge in [0.25, 0.3) is 11.8 Å². The van der Waals surface area contributed by atoms with Crippen molar-refractivity contribution < 1.29 is 19.5 Å². The quantitative estimate of drug-likeness (QED) is 0.842. The van der Waals surface area contributed by atoms with Crippen molar-refractivity contribution in [2.75, 3.05) is 26.2 Å². The zero-order valence-corrected chi connectivity index (χ0v) is 13.4. The fourth-order valence-corrected chi connectivity index (χ4v) is 3.14. The summed E-state index contributed by atoms with van der Waals surface area (Å²) in [7, 11) is 0. The van der Waals surface area contributed by atoms with Crippen LogP contribution in [0.4, 0.5) is 0 Å². The van der Waals surface area contributed by atoms with Crippen LogP contribution < -0.4 is 0 Å². The summed E-state index contributed by atoms with van der Waals surface area (Å²) in [6.07, 6.45) is 1.53. The highest BCUT2D eigenvalue weighted by Crippen LogP contribution is 2.23. The second-order valence-electron chi connectivity index (χ2n) is 5.79. The molecule has 2 aliphatic heterocycles. The third kappa shape index (κ3) is 3.38. The number of halogens is 1. The molecular weight excluding hydrogens is 320 g/mol. The first-order valence-corrected chi connectivity index (χ1v) is 7.48. The molecule has 1 saturated heterocycles. The molecule has 0 spiro atoms. The van der Waals surface area contributed by atoms with Gasteiger partial charge >= 0.3 is 5.97 Å². The van der Waals surface area contributed by atoms with Crippen molar-refractivity contribution >= 4 is 30.2 Å². The minimum Gasteiger partial charge on any atom is -0.481 e. The SMILES string of the molecule is Cl.O=C(O)C1CCCN(CCN2C(=O)c3ccccc3C2=O)C1. The van der Waals surface area contributed by atoms with Crippen molar-refractivity contribution in [2.24, 2.45) is 5.92 Å². The molecule has 0 aromatic heterocycles. The molecule has 124 valence electrons. The fraction of sp³-hybridized carbons (Fsp3) is 0.438. The van der Waals surface area contributed by atoms with Gasteiger partial charge in [0, 0.05) is 19.6 Å². The number of carbonyl (C=O) groups is 3. The van der Waals surface area contributed by atoms with E-state index in [1.807, 2.05) is 4.90 Å². The maximum absolute atomic E-state index is 12.2. The Kier molecular flexibility index (Phi) is 5.38. The summed E-state index contributed by atoms with van der Waals surface area (Å²) in [5.41, 5.74) is 0.907. The van der Waals surface area contributed by atoms with Gasteiger partial charge in [-0.05, 0) is 31.5 Å². The van der Waals surface area contributed by atoms with Gasteiger partial charge in [0.05, 0.1) is 17.0 Å². The van der Waals surface area contributed by atoms with Crippen LogP contribution in [0, 0.1) is 5.92 Å². The number of benzene rings is 1. The Labute approximate surface area is 140 Å². The van der Waals surface area contributed by atoms with Gasteiger partial charge in [-0.2, -0.15) is 0 Å². The first-order valence-electron chi connectivity index (χ1n) is 7.48. The lowest BCUT2D eigenvalue weighted by Crippen LogP contribution is -2.43. The Morgan fingerprint density at radius 3 is 2.30 bits per heavy atom. The highest BCUT2D eigenvalue weighted by atomic mass is 35.5. The molecule has 1 aromatic carbocycles. The summed E-state index contributed by atoms with van der Waals surface area (Å²) in [5, 5.41) is 9.09. The number of fused-ring (bicyclic) bond motifs is 1. The molecule has 2 amide bonds. The average molecular weight is 339 g/mol. The van der Waals surface area contributed by atoms with Crippen LogP contribution in [-0.2, 0) is 4.79 Å². The van der Waals surface area contributed by atoms with E-state index in [1.54, 1.807) is 24.3 Å². The number of nitrogens with zero attached hydrogens (tertiary/aromatic N) is 2. The topological polar surface area (TPSA) is 77.9 Å². The number of hydrogen-bond donors (Lipinski definition) is 1. The molecule has 23 heavy (non-hydrogen) atoms. The van der Waals surface area contributed by atoms with Crippen molar-refractivity contribution in [3.63, 3.8) is 0 Å².